The van der Waals surface area contributed by atoms with Gasteiger partial charge in [0.05, 0.1) is 23.9 Å². The van der Waals surface area contributed by atoms with Gasteiger partial charge in [-0.15, -0.1) is 0 Å². The van der Waals surface area contributed by atoms with Crippen LogP contribution in [0.5, 0.6) is 23.0 Å². The molecule has 3 aromatic carbocycles. The number of aromatic nitrogens is 1. The minimum atomic E-state index is -0.179. The quantitative estimate of drug-likeness (QED) is 0.284. The van der Waals surface area contributed by atoms with E-state index in [9.17, 15) is 10.1 Å². The number of nitrogens with one attached hydrogen (secondary N) is 1. The van der Waals surface area contributed by atoms with Crippen molar-refractivity contribution in [3.63, 3.8) is 0 Å². The predicted octanol–water partition coefficient (Wildman–Crippen LogP) is 5.83. The summed E-state index contributed by atoms with van der Waals surface area (Å²) >= 11 is 0. The van der Waals surface area contributed by atoms with E-state index in [0.717, 1.165) is 16.8 Å². The molecule has 0 saturated carbocycles. The minimum absolute atomic E-state index is 0.179. The Morgan fingerprint density at radius 2 is 1.77 bits per heavy atom. The second-order valence-electron chi connectivity index (χ2n) is 9.10. The summed E-state index contributed by atoms with van der Waals surface area (Å²) in [7, 11) is 1.57. The highest BCUT2D eigenvalue weighted by atomic mass is 16.5. The number of urea groups is 1. The lowest BCUT2D eigenvalue weighted by atomic mass is 10.1. The fourth-order valence-corrected chi connectivity index (χ4v) is 4.60. The summed E-state index contributed by atoms with van der Waals surface area (Å²) < 4.78 is 17.1. The standard InChI is InChI=1S/C31H29N5O4/c1-3-17-39-29-19-27-26(18-28(29)38-2)30(22(20-32)21-33-27)35-13-15-36(16-14-35)31(37)34-23-9-11-25(12-10-23)40-24-7-5-4-6-8-24/h3-12,18-19,21H,1,13-17H2,2H3,(H,34,37). The Morgan fingerprint density at radius 1 is 1.05 bits per heavy atom. The Balaban J connectivity index is 1.26. The first-order valence-corrected chi connectivity index (χ1v) is 12.9. The molecule has 5 rings (SSSR count). The van der Waals surface area contributed by atoms with E-state index in [2.05, 4.69) is 27.8 Å². The Bertz CT molecular complexity index is 1540. The molecule has 9 heteroatoms. The van der Waals surface area contributed by atoms with Gasteiger partial charge in [-0.1, -0.05) is 30.9 Å². The summed E-state index contributed by atoms with van der Waals surface area (Å²) in [5, 5.41) is 13.6. The van der Waals surface area contributed by atoms with Gasteiger partial charge in [0.15, 0.2) is 11.5 Å². The highest BCUT2D eigenvalue weighted by Gasteiger charge is 2.25. The smallest absolute Gasteiger partial charge is 0.321 e. The summed E-state index contributed by atoms with van der Waals surface area (Å²) in [6.07, 6.45) is 3.23. The maximum absolute atomic E-state index is 13.0. The summed E-state index contributed by atoms with van der Waals surface area (Å²) in [5.41, 5.74) is 2.61. The number of ether oxygens (including phenoxy) is 3. The van der Waals surface area contributed by atoms with Crippen LogP contribution in [-0.4, -0.2) is 55.8 Å². The first kappa shape index (κ1) is 26.4. The number of carbonyl (C=O) groups is 1. The molecule has 1 aliphatic heterocycles. The van der Waals surface area contributed by atoms with Gasteiger partial charge >= 0.3 is 6.03 Å². The van der Waals surface area contributed by atoms with Gasteiger partial charge in [-0.2, -0.15) is 5.26 Å². The number of pyridine rings is 1. The van der Waals surface area contributed by atoms with Crippen molar-refractivity contribution in [2.24, 2.45) is 0 Å². The number of fused-ring (bicyclic) bond motifs is 1. The number of amides is 2. The predicted molar refractivity (Wildman–Crippen MR) is 154 cm³/mol. The fraction of sp³-hybridized carbons (Fsp3) is 0.194. The molecule has 1 N–H and O–H groups in total. The normalized spacial score (nSPS) is 12.9. The molecule has 202 valence electrons. The minimum Gasteiger partial charge on any atom is -0.493 e. The lowest BCUT2D eigenvalue weighted by molar-refractivity contribution is 0.208. The molecule has 2 amide bonds. The van der Waals surface area contributed by atoms with Crippen LogP contribution in [0.3, 0.4) is 0 Å². The Hall–Kier alpha value is -5.23. The van der Waals surface area contributed by atoms with Gasteiger partial charge in [0, 0.05) is 49.5 Å². The van der Waals surface area contributed by atoms with E-state index in [-0.39, 0.29) is 6.03 Å². The van der Waals surface area contributed by atoms with Gasteiger partial charge in [-0.3, -0.25) is 4.98 Å². The summed E-state index contributed by atoms with van der Waals surface area (Å²) in [4.78, 5) is 21.4. The highest BCUT2D eigenvalue weighted by molar-refractivity contribution is 5.97. The second kappa shape index (κ2) is 12.1. The number of rotatable bonds is 8. The molecule has 40 heavy (non-hydrogen) atoms. The van der Waals surface area contributed by atoms with E-state index in [1.165, 1.54) is 0 Å². The molecule has 0 aliphatic carbocycles. The molecule has 2 heterocycles. The van der Waals surface area contributed by atoms with Gasteiger partial charge < -0.3 is 29.3 Å². The summed E-state index contributed by atoms with van der Waals surface area (Å²) in [6.45, 7) is 6.13. The Morgan fingerprint density at radius 3 is 2.45 bits per heavy atom. The van der Waals surface area contributed by atoms with Crippen molar-refractivity contribution in [3.8, 4) is 29.1 Å². The molecule has 0 radical (unpaired) electrons. The third-order valence-electron chi connectivity index (χ3n) is 6.57. The number of nitrogens with zero attached hydrogens (tertiary/aromatic N) is 4. The van der Waals surface area contributed by atoms with E-state index in [1.807, 2.05) is 66.7 Å². The number of para-hydroxylation sites is 1. The Kier molecular flexibility index (Phi) is 7.97. The number of hydrogen-bond acceptors (Lipinski definition) is 7. The maximum Gasteiger partial charge on any atom is 0.321 e. The van der Waals surface area contributed by atoms with Gasteiger partial charge in [0.1, 0.15) is 24.2 Å². The van der Waals surface area contributed by atoms with Crippen molar-refractivity contribution in [1.29, 1.82) is 5.26 Å². The third-order valence-corrected chi connectivity index (χ3v) is 6.57. The van der Waals surface area contributed by atoms with Crippen LogP contribution in [0.2, 0.25) is 0 Å². The zero-order chi connectivity index (χ0) is 27.9. The van der Waals surface area contributed by atoms with Crippen molar-refractivity contribution in [2.45, 2.75) is 0 Å². The number of methoxy groups -OCH3 is 1. The largest absolute Gasteiger partial charge is 0.493 e. The number of carbonyl (C=O) groups excluding carboxylic acids is 1. The van der Waals surface area contributed by atoms with Crippen LogP contribution in [0.25, 0.3) is 10.9 Å². The van der Waals surface area contributed by atoms with Gasteiger partial charge in [0.25, 0.3) is 0 Å². The molecule has 1 fully saturated rings. The lowest BCUT2D eigenvalue weighted by Crippen LogP contribution is -2.50. The van der Waals surface area contributed by atoms with Crippen LogP contribution >= 0.6 is 0 Å². The van der Waals surface area contributed by atoms with E-state index in [1.54, 1.807) is 24.3 Å². The first-order valence-electron chi connectivity index (χ1n) is 12.9. The average molecular weight is 536 g/mol. The van der Waals surface area contributed by atoms with Crippen molar-refractivity contribution in [2.75, 3.05) is 50.1 Å². The third kappa shape index (κ3) is 5.76. The topological polar surface area (TPSA) is 100.0 Å². The summed E-state index contributed by atoms with van der Waals surface area (Å²) in [5.74, 6) is 2.54. The fourth-order valence-electron chi connectivity index (χ4n) is 4.60. The molecular weight excluding hydrogens is 506 g/mol. The molecule has 0 atom stereocenters. The number of benzene rings is 3. The monoisotopic (exact) mass is 535 g/mol. The van der Waals surface area contributed by atoms with Crippen molar-refractivity contribution >= 4 is 28.3 Å². The van der Waals surface area contributed by atoms with Crippen LogP contribution in [0.15, 0.2) is 85.6 Å². The van der Waals surface area contributed by atoms with Crippen LogP contribution in [0.1, 0.15) is 5.56 Å². The van der Waals surface area contributed by atoms with Crippen LogP contribution in [0, 0.1) is 11.3 Å². The van der Waals surface area contributed by atoms with Crippen molar-refractivity contribution in [1.82, 2.24) is 9.88 Å². The molecule has 1 saturated heterocycles. The van der Waals surface area contributed by atoms with Crippen LogP contribution in [-0.2, 0) is 0 Å². The molecule has 0 unspecified atom stereocenters. The molecule has 1 aliphatic rings. The number of piperazine rings is 1. The van der Waals surface area contributed by atoms with E-state index >= 15 is 0 Å². The second-order valence-corrected chi connectivity index (χ2v) is 9.10. The zero-order valence-electron chi connectivity index (χ0n) is 22.2. The molecule has 0 bridgehead atoms. The molecule has 0 spiro atoms. The molecular formula is C31H29N5O4. The Labute approximate surface area is 232 Å². The first-order chi connectivity index (χ1) is 19.6. The van der Waals surface area contributed by atoms with Crippen LogP contribution in [0.4, 0.5) is 16.2 Å². The lowest BCUT2D eigenvalue weighted by Gasteiger charge is -2.36. The maximum atomic E-state index is 13.0. The SMILES string of the molecule is C=CCOc1cc2ncc(C#N)c(N3CCN(C(=O)Nc4ccc(Oc5ccccc5)cc4)CC3)c2cc1OC. The van der Waals surface area contributed by atoms with Crippen LogP contribution < -0.4 is 24.4 Å². The molecule has 4 aromatic rings. The zero-order valence-corrected chi connectivity index (χ0v) is 22.2. The van der Waals surface area contributed by atoms with Crippen molar-refractivity contribution < 1.29 is 19.0 Å². The van der Waals surface area contributed by atoms with Gasteiger partial charge in [0.2, 0.25) is 0 Å². The average Bonchev–Trinajstić information content (AvgIpc) is 3.00. The summed E-state index contributed by atoms with van der Waals surface area (Å²) in [6, 6.07) is 22.5. The number of hydrogen-bond donors (Lipinski definition) is 1. The molecule has 1 aromatic heterocycles. The van der Waals surface area contributed by atoms with E-state index < -0.39 is 0 Å². The van der Waals surface area contributed by atoms with E-state index in [0.29, 0.717) is 66.8 Å². The van der Waals surface area contributed by atoms with Gasteiger partial charge in [-0.25, -0.2) is 4.79 Å². The molecule has 9 nitrogen and oxygen atoms in total. The van der Waals surface area contributed by atoms with Gasteiger partial charge in [-0.05, 0) is 42.5 Å². The van der Waals surface area contributed by atoms with Crippen molar-refractivity contribution in [3.05, 3.63) is 91.1 Å². The highest BCUT2D eigenvalue weighted by Crippen LogP contribution is 2.38. The number of nitriles is 1. The number of anilines is 2. The van der Waals surface area contributed by atoms with E-state index in [4.69, 9.17) is 14.2 Å².